The number of likely N-dealkylation sites (N-methyl/N-ethyl adjacent to an activating group) is 1. The van der Waals surface area contributed by atoms with Crippen molar-refractivity contribution in [3.63, 3.8) is 0 Å². The first kappa shape index (κ1) is 11.9. The molecule has 0 aromatic rings. The third-order valence-electron chi connectivity index (χ3n) is 2.15. The second-order valence-corrected chi connectivity index (χ2v) is 4.08. The van der Waals surface area contributed by atoms with Crippen LogP contribution >= 0.6 is 0 Å². The van der Waals surface area contributed by atoms with Crippen molar-refractivity contribution >= 4 is 0 Å². The van der Waals surface area contributed by atoms with E-state index in [2.05, 4.69) is 45.1 Å². The standard InChI is InChI=1S/C10H24N2/c1-6-9(2)7-11-10(3)8-12(4)5/h9-11H,6-8H2,1-5H3. The van der Waals surface area contributed by atoms with Gasteiger partial charge in [-0.3, -0.25) is 0 Å². The van der Waals surface area contributed by atoms with Gasteiger partial charge in [0.25, 0.3) is 0 Å². The average Bonchev–Trinajstić information content (AvgIpc) is 1.99. The minimum Gasteiger partial charge on any atom is -0.313 e. The van der Waals surface area contributed by atoms with Crippen molar-refractivity contribution in [2.75, 3.05) is 27.2 Å². The molecule has 1 N–H and O–H groups in total. The summed E-state index contributed by atoms with van der Waals surface area (Å²) in [4.78, 5) is 2.22. The van der Waals surface area contributed by atoms with E-state index in [-0.39, 0.29) is 0 Å². The minimum absolute atomic E-state index is 0.606. The van der Waals surface area contributed by atoms with Gasteiger partial charge in [0.05, 0.1) is 0 Å². The van der Waals surface area contributed by atoms with Crippen LogP contribution in [0.4, 0.5) is 0 Å². The maximum absolute atomic E-state index is 3.52. The Kier molecular flexibility index (Phi) is 6.39. The molecule has 0 amide bonds. The number of nitrogens with zero attached hydrogens (tertiary/aromatic N) is 1. The molecule has 0 fully saturated rings. The molecule has 2 heteroatoms. The van der Waals surface area contributed by atoms with Crippen molar-refractivity contribution in [3.8, 4) is 0 Å². The Morgan fingerprint density at radius 3 is 2.25 bits per heavy atom. The van der Waals surface area contributed by atoms with Gasteiger partial charge in [0.1, 0.15) is 0 Å². The topological polar surface area (TPSA) is 15.3 Å². The lowest BCUT2D eigenvalue weighted by molar-refractivity contribution is 0.337. The molecule has 12 heavy (non-hydrogen) atoms. The fraction of sp³-hybridized carbons (Fsp3) is 1.00. The van der Waals surface area contributed by atoms with Crippen molar-refractivity contribution < 1.29 is 0 Å². The van der Waals surface area contributed by atoms with E-state index in [1.807, 2.05) is 0 Å². The van der Waals surface area contributed by atoms with E-state index in [0.717, 1.165) is 19.0 Å². The molecule has 0 saturated carbocycles. The van der Waals surface area contributed by atoms with Crippen molar-refractivity contribution in [2.45, 2.75) is 33.2 Å². The van der Waals surface area contributed by atoms with E-state index >= 15 is 0 Å². The number of rotatable bonds is 6. The maximum Gasteiger partial charge on any atom is 0.0166 e. The Balaban J connectivity index is 3.36. The normalized spacial score (nSPS) is 16.5. The first-order valence-electron chi connectivity index (χ1n) is 4.94. The van der Waals surface area contributed by atoms with Crippen LogP contribution in [-0.2, 0) is 0 Å². The lowest BCUT2D eigenvalue weighted by Crippen LogP contribution is -2.37. The lowest BCUT2D eigenvalue weighted by Gasteiger charge is -2.20. The van der Waals surface area contributed by atoms with Gasteiger partial charge in [-0.05, 0) is 33.5 Å². The summed E-state index contributed by atoms with van der Waals surface area (Å²) in [5.41, 5.74) is 0. The molecule has 2 atom stereocenters. The van der Waals surface area contributed by atoms with Gasteiger partial charge in [0, 0.05) is 12.6 Å². The predicted molar refractivity (Wildman–Crippen MR) is 55.5 cm³/mol. The largest absolute Gasteiger partial charge is 0.313 e. The summed E-state index contributed by atoms with van der Waals surface area (Å²) in [5, 5.41) is 3.52. The molecule has 0 aromatic carbocycles. The molecule has 0 aliphatic heterocycles. The second kappa shape index (κ2) is 6.44. The van der Waals surface area contributed by atoms with Crippen LogP contribution in [0.15, 0.2) is 0 Å². The summed E-state index contributed by atoms with van der Waals surface area (Å²) in [6, 6.07) is 0.606. The molecule has 74 valence electrons. The summed E-state index contributed by atoms with van der Waals surface area (Å²) < 4.78 is 0. The molecule has 0 aliphatic carbocycles. The van der Waals surface area contributed by atoms with Crippen LogP contribution in [0.5, 0.6) is 0 Å². The lowest BCUT2D eigenvalue weighted by atomic mass is 10.1. The van der Waals surface area contributed by atoms with Gasteiger partial charge in [0.2, 0.25) is 0 Å². The van der Waals surface area contributed by atoms with Crippen molar-refractivity contribution in [3.05, 3.63) is 0 Å². The Morgan fingerprint density at radius 1 is 1.25 bits per heavy atom. The average molecular weight is 172 g/mol. The van der Waals surface area contributed by atoms with Crippen LogP contribution in [0, 0.1) is 5.92 Å². The molecular weight excluding hydrogens is 148 g/mol. The SMILES string of the molecule is CCC(C)CNC(C)CN(C)C. The number of hydrogen-bond acceptors (Lipinski definition) is 2. The van der Waals surface area contributed by atoms with E-state index < -0.39 is 0 Å². The smallest absolute Gasteiger partial charge is 0.0166 e. The van der Waals surface area contributed by atoms with E-state index in [4.69, 9.17) is 0 Å². The van der Waals surface area contributed by atoms with E-state index in [0.29, 0.717) is 6.04 Å². The van der Waals surface area contributed by atoms with Crippen LogP contribution in [-0.4, -0.2) is 38.1 Å². The van der Waals surface area contributed by atoms with Crippen LogP contribution in [0.1, 0.15) is 27.2 Å². The number of nitrogens with one attached hydrogen (secondary N) is 1. The Morgan fingerprint density at radius 2 is 1.83 bits per heavy atom. The first-order chi connectivity index (χ1) is 5.56. The van der Waals surface area contributed by atoms with Crippen molar-refractivity contribution in [2.24, 2.45) is 5.92 Å². The Labute approximate surface area is 77.3 Å². The van der Waals surface area contributed by atoms with E-state index in [1.54, 1.807) is 0 Å². The van der Waals surface area contributed by atoms with Gasteiger partial charge >= 0.3 is 0 Å². The summed E-state index contributed by atoms with van der Waals surface area (Å²) >= 11 is 0. The quantitative estimate of drug-likeness (QED) is 0.654. The van der Waals surface area contributed by atoms with Gasteiger partial charge in [-0.2, -0.15) is 0 Å². The predicted octanol–water partition coefficient (Wildman–Crippen LogP) is 1.57. The molecule has 0 radical (unpaired) electrons. The van der Waals surface area contributed by atoms with Gasteiger partial charge in [-0.25, -0.2) is 0 Å². The highest BCUT2D eigenvalue weighted by Gasteiger charge is 2.04. The molecular formula is C10H24N2. The van der Waals surface area contributed by atoms with Crippen molar-refractivity contribution in [1.82, 2.24) is 10.2 Å². The number of hydrogen-bond donors (Lipinski definition) is 1. The highest BCUT2D eigenvalue weighted by molar-refractivity contribution is 4.65. The molecule has 0 bridgehead atoms. The minimum atomic E-state index is 0.606. The highest BCUT2D eigenvalue weighted by atomic mass is 15.1. The summed E-state index contributed by atoms with van der Waals surface area (Å²) in [6.07, 6.45) is 1.27. The third-order valence-corrected chi connectivity index (χ3v) is 2.15. The molecule has 0 spiro atoms. The highest BCUT2D eigenvalue weighted by Crippen LogP contribution is 1.98. The zero-order valence-electron chi connectivity index (χ0n) is 9.22. The fourth-order valence-electron chi connectivity index (χ4n) is 1.16. The first-order valence-corrected chi connectivity index (χ1v) is 4.94. The zero-order valence-corrected chi connectivity index (χ0v) is 9.22. The Bertz CT molecular complexity index is 102. The van der Waals surface area contributed by atoms with Gasteiger partial charge in [-0.15, -0.1) is 0 Å². The third kappa shape index (κ3) is 6.62. The molecule has 0 aliphatic rings. The summed E-state index contributed by atoms with van der Waals surface area (Å²) in [6.45, 7) is 9.03. The zero-order chi connectivity index (χ0) is 9.56. The fourth-order valence-corrected chi connectivity index (χ4v) is 1.16. The van der Waals surface area contributed by atoms with Gasteiger partial charge in [0.15, 0.2) is 0 Å². The molecule has 0 aromatic heterocycles. The van der Waals surface area contributed by atoms with Gasteiger partial charge < -0.3 is 10.2 Å². The maximum atomic E-state index is 3.52. The molecule has 0 rings (SSSR count). The second-order valence-electron chi connectivity index (χ2n) is 4.08. The summed E-state index contributed by atoms with van der Waals surface area (Å²) in [7, 11) is 4.23. The van der Waals surface area contributed by atoms with E-state index in [9.17, 15) is 0 Å². The molecule has 2 unspecified atom stereocenters. The van der Waals surface area contributed by atoms with E-state index in [1.165, 1.54) is 6.42 Å². The Hall–Kier alpha value is -0.0800. The van der Waals surface area contributed by atoms with Crippen LogP contribution in [0.25, 0.3) is 0 Å². The van der Waals surface area contributed by atoms with Crippen LogP contribution in [0.2, 0.25) is 0 Å². The molecule has 2 nitrogen and oxygen atoms in total. The van der Waals surface area contributed by atoms with Crippen LogP contribution in [0.3, 0.4) is 0 Å². The molecule has 0 saturated heterocycles. The summed E-state index contributed by atoms with van der Waals surface area (Å²) in [5.74, 6) is 0.801. The van der Waals surface area contributed by atoms with Crippen LogP contribution < -0.4 is 5.32 Å². The van der Waals surface area contributed by atoms with Gasteiger partial charge in [-0.1, -0.05) is 20.3 Å². The monoisotopic (exact) mass is 172 g/mol. The van der Waals surface area contributed by atoms with Crippen molar-refractivity contribution in [1.29, 1.82) is 0 Å². The molecule has 0 heterocycles.